The molecule has 3 rings (SSSR count). The van der Waals surface area contributed by atoms with Gasteiger partial charge in [0.1, 0.15) is 6.07 Å². The van der Waals surface area contributed by atoms with Crippen LogP contribution in [0.2, 0.25) is 0 Å². The van der Waals surface area contributed by atoms with Crippen molar-refractivity contribution in [2.45, 2.75) is 52.5 Å². The van der Waals surface area contributed by atoms with E-state index in [1.54, 1.807) is 6.20 Å². The van der Waals surface area contributed by atoms with Crippen LogP contribution in [0.5, 0.6) is 0 Å². The van der Waals surface area contributed by atoms with Gasteiger partial charge in [0.2, 0.25) is 0 Å². The zero-order valence-electron chi connectivity index (χ0n) is 15.3. The van der Waals surface area contributed by atoms with E-state index in [4.69, 9.17) is 0 Å². The molecular formula is C20H30N4. The quantitative estimate of drug-likeness (QED) is 0.846. The summed E-state index contributed by atoms with van der Waals surface area (Å²) >= 11 is 0. The zero-order chi connectivity index (χ0) is 17.2. The van der Waals surface area contributed by atoms with Gasteiger partial charge in [0.25, 0.3) is 0 Å². The molecule has 2 fully saturated rings. The van der Waals surface area contributed by atoms with Gasteiger partial charge >= 0.3 is 0 Å². The lowest BCUT2D eigenvalue weighted by Crippen LogP contribution is -2.50. The fourth-order valence-corrected chi connectivity index (χ4v) is 4.35. The Hall–Kier alpha value is -1.60. The van der Waals surface area contributed by atoms with Crippen LogP contribution in [0.25, 0.3) is 0 Å². The number of aromatic nitrogens is 1. The van der Waals surface area contributed by atoms with Crippen LogP contribution in [0.1, 0.15) is 52.1 Å². The lowest BCUT2D eigenvalue weighted by Gasteiger charge is -2.39. The third kappa shape index (κ3) is 3.42. The average Bonchev–Trinajstić information content (AvgIpc) is 3.13. The van der Waals surface area contributed by atoms with Crippen LogP contribution in [-0.2, 0) is 0 Å². The van der Waals surface area contributed by atoms with E-state index >= 15 is 0 Å². The fourth-order valence-electron chi connectivity index (χ4n) is 4.35. The molecule has 24 heavy (non-hydrogen) atoms. The Balaban J connectivity index is 1.57. The van der Waals surface area contributed by atoms with Crippen LogP contribution in [0, 0.1) is 22.7 Å². The van der Waals surface area contributed by atoms with E-state index in [9.17, 15) is 5.26 Å². The van der Waals surface area contributed by atoms with Crippen LogP contribution < -0.4 is 4.90 Å². The minimum Gasteiger partial charge on any atom is -0.367 e. The van der Waals surface area contributed by atoms with Gasteiger partial charge in [-0.25, -0.2) is 4.98 Å². The van der Waals surface area contributed by atoms with Gasteiger partial charge in [0.05, 0.1) is 5.69 Å². The molecule has 2 aliphatic rings. The SMILES string of the molecule is CCC(C)(C)C1CC[C@@H](N2CCN(c3cccnc3C#N)CC2)C1. The van der Waals surface area contributed by atoms with E-state index in [0.29, 0.717) is 11.1 Å². The number of hydrogen-bond donors (Lipinski definition) is 0. The van der Waals surface area contributed by atoms with Gasteiger partial charge in [0, 0.05) is 38.4 Å². The van der Waals surface area contributed by atoms with Crippen molar-refractivity contribution in [3.8, 4) is 6.07 Å². The normalized spacial score (nSPS) is 25.7. The summed E-state index contributed by atoms with van der Waals surface area (Å²) in [5.41, 5.74) is 2.03. The molecule has 2 heterocycles. The maximum absolute atomic E-state index is 9.25. The average molecular weight is 326 g/mol. The first-order valence-corrected chi connectivity index (χ1v) is 9.39. The van der Waals surface area contributed by atoms with Crippen LogP contribution in [-0.4, -0.2) is 42.1 Å². The van der Waals surface area contributed by atoms with E-state index in [2.05, 4.69) is 41.6 Å². The second-order valence-electron chi connectivity index (χ2n) is 8.01. The molecule has 0 amide bonds. The Morgan fingerprint density at radius 3 is 2.67 bits per heavy atom. The highest BCUT2D eigenvalue weighted by atomic mass is 15.3. The predicted molar refractivity (Wildman–Crippen MR) is 97.9 cm³/mol. The van der Waals surface area contributed by atoms with Crippen molar-refractivity contribution in [2.75, 3.05) is 31.1 Å². The molecule has 1 aliphatic carbocycles. The molecule has 1 saturated heterocycles. The summed E-state index contributed by atoms with van der Waals surface area (Å²) < 4.78 is 0. The Bertz CT molecular complexity index is 596. The maximum Gasteiger partial charge on any atom is 0.163 e. The lowest BCUT2D eigenvalue weighted by molar-refractivity contribution is 0.158. The molecule has 0 radical (unpaired) electrons. The molecule has 0 aromatic carbocycles. The van der Waals surface area contributed by atoms with Crippen molar-refractivity contribution in [1.29, 1.82) is 5.26 Å². The summed E-state index contributed by atoms with van der Waals surface area (Å²) in [7, 11) is 0. The van der Waals surface area contributed by atoms with Gasteiger partial charge in [-0.1, -0.05) is 27.2 Å². The van der Waals surface area contributed by atoms with E-state index < -0.39 is 0 Å². The Morgan fingerprint density at radius 1 is 1.25 bits per heavy atom. The first-order chi connectivity index (χ1) is 11.5. The number of rotatable bonds is 4. The van der Waals surface area contributed by atoms with Crippen molar-refractivity contribution in [2.24, 2.45) is 11.3 Å². The van der Waals surface area contributed by atoms with Gasteiger partial charge in [-0.15, -0.1) is 0 Å². The van der Waals surface area contributed by atoms with Crippen molar-refractivity contribution in [1.82, 2.24) is 9.88 Å². The molecule has 0 spiro atoms. The summed E-state index contributed by atoms with van der Waals surface area (Å²) in [5, 5.41) is 9.25. The summed E-state index contributed by atoms with van der Waals surface area (Å²) in [5.74, 6) is 0.869. The van der Waals surface area contributed by atoms with Crippen LogP contribution in [0.4, 0.5) is 5.69 Å². The smallest absolute Gasteiger partial charge is 0.163 e. The second kappa shape index (κ2) is 7.11. The molecule has 130 valence electrons. The predicted octanol–water partition coefficient (Wildman–Crippen LogP) is 3.68. The number of anilines is 1. The minimum atomic E-state index is 0.480. The van der Waals surface area contributed by atoms with E-state index in [-0.39, 0.29) is 0 Å². The molecule has 0 N–H and O–H groups in total. The van der Waals surface area contributed by atoms with Gasteiger partial charge in [-0.2, -0.15) is 5.26 Å². The lowest BCUT2D eigenvalue weighted by atomic mass is 9.76. The largest absolute Gasteiger partial charge is 0.367 e. The molecule has 1 saturated carbocycles. The number of nitrogens with zero attached hydrogens (tertiary/aromatic N) is 4. The van der Waals surface area contributed by atoms with E-state index in [1.807, 2.05) is 12.1 Å². The summed E-state index contributed by atoms with van der Waals surface area (Å²) in [6.07, 6.45) is 7.07. The van der Waals surface area contributed by atoms with Gasteiger partial charge in [-0.3, -0.25) is 4.90 Å². The van der Waals surface area contributed by atoms with Crippen LogP contribution >= 0.6 is 0 Å². The molecule has 2 atom stereocenters. The number of pyridine rings is 1. The van der Waals surface area contributed by atoms with Crippen molar-refractivity contribution >= 4 is 5.69 Å². The van der Waals surface area contributed by atoms with Crippen molar-refractivity contribution < 1.29 is 0 Å². The standard InChI is InChI=1S/C20H30N4/c1-4-20(2,3)16-7-8-17(14-16)23-10-12-24(13-11-23)19-6-5-9-22-18(19)15-21/h5-6,9,16-17H,4,7-8,10-14H2,1-3H3/t16?,17-/m1/s1. The van der Waals surface area contributed by atoms with Crippen molar-refractivity contribution in [3.63, 3.8) is 0 Å². The van der Waals surface area contributed by atoms with E-state index in [1.165, 1.54) is 25.7 Å². The number of nitriles is 1. The monoisotopic (exact) mass is 326 g/mol. The fraction of sp³-hybridized carbons (Fsp3) is 0.700. The van der Waals surface area contributed by atoms with Crippen LogP contribution in [0.3, 0.4) is 0 Å². The minimum absolute atomic E-state index is 0.480. The molecule has 1 unspecified atom stereocenters. The van der Waals surface area contributed by atoms with Gasteiger partial charge in [0.15, 0.2) is 5.69 Å². The van der Waals surface area contributed by atoms with Crippen molar-refractivity contribution in [3.05, 3.63) is 24.0 Å². The number of piperazine rings is 1. The third-order valence-electron chi connectivity index (χ3n) is 6.49. The first-order valence-electron chi connectivity index (χ1n) is 9.39. The molecule has 1 aromatic rings. The Labute approximate surface area is 146 Å². The molecule has 4 heteroatoms. The molecule has 0 bridgehead atoms. The van der Waals surface area contributed by atoms with Gasteiger partial charge in [-0.05, 0) is 42.7 Å². The van der Waals surface area contributed by atoms with Gasteiger partial charge < -0.3 is 4.90 Å². The van der Waals surface area contributed by atoms with E-state index in [0.717, 1.165) is 43.8 Å². The highest BCUT2D eigenvalue weighted by Crippen LogP contribution is 2.43. The zero-order valence-corrected chi connectivity index (χ0v) is 15.3. The highest BCUT2D eigenvalue weighted by molar-refractivity contribution is 5.55. The Morgan fingerprint density at radius 2 is 2.00 bits per heavy atom. The summed E-state index contributed by atoms with van der Waals surface area (Å²) in [6, 6.07) is 6.93. The highest BCUT2D eigenvalue weighted by Gasteiger charge is 2.37. The van der Waals surface area contributed by atoms with Crippen LogP contribution in [0.15, 0.2) is 18.3 Å². The molecule has 1 aromatic heterocycles. The molecular weight excluding hydrogens is 296 g/mol. The second-order valence-corrected chi connectivity index (χ2v) is 8.01. The summed E-state index contributed by atoms with van der Waals surface area (Å²) in [6.45, 7) is 11.4. The summed E-state index contributed by atoms with van der Waals surface area (Å²) in [4.78, 5) is 9.21. The Kier molecular flexibility index (Phi) is 5.10. The number of hydrogen-bond acceptors (Lipinski definition) is 4. The first kappa shape index (κ1) is 17.2. The topological polar surface area (TPSA) is 43.2 Å². The molecule has 1 aliphatic heterocycles. The third-order valence-corrected chi connectivity index (χ3v) is 6.49. The molecule has 4 nitrogen and oxygen atoms in total. The maximum atomic E-state index is 9.25.